The van der Waals surface area contributed by atoms with Crippen molar-refractivity contribution in [3.05, 3.63) is 54.1 Å². The SMILES string of the molecule is CCCCOc1ccc(NC(=O)c2ccc(OCC3CCCO3)cc2)cc1. The summed E-state index contributed by atoms with van der Waals surface area (Å²) < 4.78 is 16.9. The highest BCUT2D eigenvalue weighted by Crippen LogP contribution is 2.19. The van der Waals surface area contributed by atoms with Gasteiger partial charge in [-0.25, -0.2) is 0 Å². The molecule has 1 saturated heterocycles. The van der Waals surface area contributed by atoms with E-state index in [-0.39, 0.29) is 12.0 Å². The minimum absolute atomic E-state index is 0.152. The Balaban J connectivity index is 1.48. The van der Waals surface area contributed by atoms with Crippen LogP contribution in [0.15, 0.2) is 48.5 Å². The predicted octanol–water partition coefficient (Wildman–Crippen LogP) is 4.68. The van der Waals surface area contributed by atoms with E-state index in [0.717, 1.165) is 49.5 Å². The molecule has 0 bridgehead atoms. The van der Waals surface area contributed by atoms with Gasteiger partial charge in [0.25, 0.3) is 5.91 Å². The molecule has 0 spiro atoms. The molecule has 0 radical (unpaired) electrons. The lowest BCUT2D eigenvalue weighted by atomic mass is 10.2. The molecule has 1 amide bonds. The number of anilines is 1. The fourth-order valence-corrected chi connectivity index (χ4v) is 2.84. The highest BCUT2D eigenvalue weighted by atomic mass is 16.5. The van der Waals surface area contributed by atoms with Crippen molar-refractivity contribution in [2.75, 3.05) is 25.1 Å². The predicted molar refractivity (Wildman–Crippen MR) is 106 cm³/mol. The van der Waals surface area contributed by atoms with Gasteiger partial charge >= 0.3 is 0 Å². The van der Waals surface area contributed by atoms with E-state index in [2.05, 4.69) is 12.2 Å². The van der Waals surface area contributed by atoms with Gasteiger partial charge in [0.05, 0.1) is 12.7 Å². The lowest BCUT2D eigenvalue weighted by Gasteiger charge is -2.12. The van der Waals surface area contributed by atoms with Crippen molar-refractivity contribution in [3.8, 4) is 11.5 Å². The van der Waals surface area contributed by atoms with Gasteiger partial charge in [-0.05, 0) is 67.8 Å². The van der Waals surface area contributed by atoms with Gasteiger partial charge < -0.3 is 19.5 Å². The molecule has 2 aromatic carbocycles. The first-order valence-electron chi connectivity index (χ1n) is 9.63. The molecule has 1 heterocycles. The topological polar surface area (TPSA) is 56.8 Å². The van der Waals surface area contributed by atoms with Gasteiger partial charge in [0.15, 0.2) is 0 Å². The monoisotopic (exact) mass is 369 g/mol. The first-order chi connectivity index (χ1) is 13.2. The summed E-state index contributed by atoms with van der Waals surface area (Å²) in [6.45, 7) is 4.21. The van der Waals surface area contributed by atoms with Crippen molar-refractivity contribution in [1.82, 2.24) is 0 Å². The second-order valence-corrected chi connectivity index (χ2v) is 6.65. The van der Waals surface area contributed by atoms with Gasteiger partial charge in [0.1, 0.15) is 18.1 Å². The number of carbonyl (C=O) groups excluding carboxylic acids is 1. The van der Waals surface area contributed by atoms with E-state index in [1.807, 2.05) is 36.4 Å². The van der Waals surface area contributed by atoms with Crippen molar-refractivity contribution in [3.63, 3.8) is 0 Å². The third kappa shape index (κ3) is 6.00. The van der Waals surface area contributed by atoms with Gasteiger partial charge in [0.2, 0.25) is 0 Å². The van der Waals surface area contributed by atoms with Gasteiger partial charge in [-0.1, -0.05) is 13.3 Å². The summed E-state index contributed by atoms with van der Waals surface area (Å²) in [5, 5.41) is 2.89. The van der Waals surface area contributed by atoms with Crippen LogP contribution in [0.5, 0.6) is 11.5 Å². The van der Waals surface area contributed by atoms with Crippen LogP contribution in [0, 0.1) is 0 Å². The number of nitrogens with one attached hydrogen (secondary N) is 1. The highest BCUT2D eigenvalue weighted by molar-refractivity contribution is 6.04. The van der Waals surface area contributed by atoms with Crippen LogP contribution in [0.4, 0.5) is 5.69 Å². The maximum Gasteiger partial charge on any atom is 0.255 e. The second kappa shape index (κ2) is 9.97. The Kier molecular flexibility index (Phi) is 7.11. The first kappa shape index (κ1) is 19.2. The average molecular weight is 369 g/mol. The zero-order valence-electron chi connectivity index (χ0n) is 15.8. The molecule has 144 valence electrons. The lowest BCUT2D eigenvalue weighted by Crippen LogP contribution is -2.16. The zero-order chi connectivity index (χ0) is 18.9. The summed E-state index contributed by atoms with van der Waals surface area (Å²) in [5.41, 5.74) is 1.32. The molecule has 0 aromatic heterocycles. The number of benzene rings is 2. The van der Waals surface area contributed by atoms with Crippen LogP contribution in [-0.4, -0.2) is 31.8 Å². The van der Waals surface area contributed by atoms with E-state index in [1.54, 1.807) is 12.1 Å². The Hall–Kier alpha value is -2.53. The van der Waals surface area contributed by atoms with Crippen molar-refractivity contribution in [2.45, 2.75) is 38.7 Å². The summed E-state index contributed by atoms with van der Waals surface area (Å²) >= 11 is 0. The Morgan fingerprint density at radius 3 is 2.44 bits per heavy atom. The van der Waals surface area contributed by atoms with Gasteiger partial charge in [-0.2, -0.15) is 0 Å². The van der Waals surface area contributed by atoms with Gasteiger partial charge in [0, 0.05) is 17.9 Å². The van der Waals surface area contributed by atoms with Crippen molar-refractivity contribution < 1.29 is 19.0 Å². The summed E-state index contributed by atoms with van der Waals surface area (Å²) in [4.78, 5) is 12.4. The number of amides is 1. The molecule has 2 aromatic rings. The standard InChI is InChI=1S/C22H27NO4/c1-2-3-14-25-19-12-8-18(9-13-19)23-22(24)17-6-10-20(11-7-17)27-16-21-5-4-15-26-21/h6-13,21H,2-5,14-16H2,1H3,(H,23,24). The summed E-state index contributed by atoms with van der Waals surface area (Å²) in [6, 6.07) is 14.6. The number of hydrogen-bond acceptors (Lipinski definition) is 4. The summed E-state index contributed by atoms with van der Waals surface area (Å²) in [5.74, 6) is 1.41. The molecule has 5 heteroatoms. The van der Waals surface area contributed by atoms with Crippen molar-refractivity contribution >= 4 is 11.6 Å². The van der Waals surface area contributed by atoms with Crippen LogP contribution >= 0.6 is 0 Å². The summed E-state index contributed by atoms with van der Waals surface area (Å²) in [7, 11) is 0. The molecule has 1 aliphatic heterocycles. The molecular weight excluding hydrogens is 342 g/mol. The molecule has 1 N–H and O–H groups in total. The van der Waals surface area contributed by atoms with Crippen LogP contribution < -0.4 is 14.8 Å². The molecule has 3 rings (SSSR count). The third-order valence-corrected chi connectivity index (χ3v) is 4.46. The molecule has 0 aliphatic carbocycles. The minimum atomic E-state index is -0.152. The van der Waals surface area contributed by atoms with E-state index < -0.39 is 0 Å². The Morgan fingerprint density at radius 2 is 1.78 bits per heavy atom. The number of ether oxygens (including phenoxy) is 3. The molecule has 0 saturated carbocycles. The van der Waals surface area contributed by atoms with Crippen molar-refractivity contribution in [1.29, 1.82) is 0 Å². The largest absolute Gasteiger partial charge is 0.494 e. The quantitative estimate of drug-likeness (QED) is 0.652. The molecule has 1 unspecified atom stereocenters. The third-order valence-electron chi connectivity index (χ3n) is 4.46. The lowest BCUT2D eigenvalue weighted by molar-refractivity contribution is 0.0679. The van der Waals surface area contributed by atoms with E-state index in [9.17, 15) is 4.79 Å². The Labute approximate surface area is 160 Å². The van der Waals surface area contributed by atoms with Crippen LogP contribution in [0.1, 0.15) is 43.0 Å². The zero-order valence-corrected chi connectivity index (χ0v) is 15.8. The molecule has 1 aliphatic rings. The van der Waals surface area contributed by atoms with E-state index in [0.29, 0.717) is 18.8 Å². The molecule has 5 nitrogen and oxygen atoms in total. The van der Waals surface area contributed by atoms with E-state index in [4.69, 9.17) is 14.2 Å². The number of carbonyl (C=O) groups is 1. The number of unbranched alkanes of at least 4 members (excludes halogenated alkanes) is 1. The summed E-state index contributed by atoms with van der Waals surface area (Å²) in [6.07, 6.45) is 4.46. The van der Waals surface area contributed by atoms with E-state index >= 15 is 0 Å². The highest BCUT2D eigenvalue weighted by Gasteiger charge is 2.16. The van der Waals surface area contributed by atoms with Crippen molar-refractivity contribution in [2.24, 2.45) is 0 Å². The van der Waals surface area contributed by atoms with Crippen LogP contribution in [0.25, 0.3) is 0 Å². The average Bonchev–Trinajstić information content (AvgIpc) is 3.22. The van der Waals surface area contributed by atoms with Crippen LogP contribution in [0.2, 0.25) is 0 Å². The second-order valence-electron chi connectivity index (χ2n) is 6.65. The van der Waals surface area contributed by atoms with Gasteiger partial charge in [-0.15, -0.1) is 0 Å². The Morgan fingerprint density at radius 1 is 1.07 bits per heavy atom. The Bertz CT molecular complexity index is 706. The van der Waals surface area contributed by atoms with Crippen LogP contribution in [-0.2, 0) is 4.74 Å². The molecule has 1 fully saturated rings. The van der Waals surface area contributed by atoms with Crippen LogP contribution in [0.3, 0.4) is 0 Å². The maximum absolute atomic E-state index is 12.4. The van der Waals surface area contributed by atoms with E-state index in [1.165, 1.54) is 0 Å². The number of rotatable bonds is 9. The smallest absolute Gasteiger partial charge is 0.255 e. The first-order valence-corrected chi connectivity index (χ1v) is 9.63. The minimum Gasteiger partial charge on any atom is -0.494 e. The fraction of sp³-hybridized carbons (Fsp3) is 0.409. The normalized spacial score (nSPS) is 16.1. The molecular formula is C22H27NO4. The number of hydrogen-bond donors (Lipinski definition) is 1. The molecule has 1 atom stereocenters. The van der Waals surface area contributed by atoms with Gasteiger partial charge in [-0.3, -0.25) is 4.79 Å². The fourth-order valence-electron chi connectivity index (χ4n) is 2.84. The molecule has 27 heavy (non-hydrogen) atoms. The maximum atomic E-state index is 12.4.